The highest BCUT2D eigenvalue weighted by atomic mass is 19.4. The van der Waals surface area contributed by atoms with Gasteiger partial charge in [0, 0.05) is 12.5 Å². The van der Waals surface area contributed by atoms with E-state index in [0.717, 1.165) is 41.5 Å². The van der Waals surface area contributed by atoms with Crippen LogP contribution >= 0.6 is 0 Å². The van der Waals surface area contributed by atoms with Crippen molar-refractivity contribution >= 4 is 10.8 Å². The summed E-state index contributed by atoms with van der Waals surface area (Å²) in [5.74, 6) is -4.88. The van der Waals surface area contributed by atoms with E-state index in [4.69, 9.17) is 4.74 Å². The Morgan fingerprint density at radius 3 is 1.89 bits per heavy atom. The summed E-state index contributed by atoms with van der Waals surface area (Å²) in [6.45, 7) is 0.565. The second-order valence-corrected chi connectivity index (χ2v) is 8.78. The fourth-order valence-electron chi connectivity index (χ4n) is 4.24. The van der Waals surface area contributed by atoms with Crippen LogP contribution in [0.15, 0.2) is 66.7 Å². The lowest BCUT2D eigenvalue weighted by Gasteiger charge is -2.12. The van der Waals surface area contributed by atoms with E-state index >= 15 is 4.39 Å². The van der Waals surface area contributed by atoms with E-state index in [2.05, 4.69) is 16.9 Å². The Hall–Kier alpha value is -3.52. The molecule has 4 aromatic carbocycles. The molecule has 0 bridgehead atoms. The normalized spacial score (nSPS) is 11.8. The molecule has 37 heavy (non-hydrogen) atoms. The number of fused-ring (bicyclic) bond motifs is 1. The predicted molar refractivity (Wildman–Crippen MR) is 129 cm³/mol. The van der Waals surface area contributed by atoms with Gasteiger partial charge in [0.1, 0.15) is 5.82 Å². The fraction of sp³-hybridized carbons (Fsp3) is 0.241. The molecule has 2 nitrogen and oxygen atoms in total. The number of methoxy groups -OCH3 is 1. The number of alkyl halides is 3. The van der Waals surface area contributed by atoms with Crippen LogP contribution in [0.25, 0.3) is 10.8 Å². The SMILES string of the molecule is COCc1ccc(CCc2ccc3c(F)c(CCc4cc(F)c(OC(F)(F)F)c(F)c4)ccc3c2)cc1. The largest absolute Gasteiger partial charge is 0.573 e. The van der Waals surface area contributed by atoms with Gasteiger partial charge in [-0.1, -0.05) is 54.6 Å². The van der Waals surface area contributed by atoms with Gasteiger partial charge in [-0.25, -0.2) is 13.2 Å². The van der Waals surface area contributed by atoms with E-state index in [1.54, 1.807) is 25.3 Å². The lowest BCUT2D eigenvalue weighted by atomic mass is 9.97. The second-order valence-electron chi connectivity index (χ2n) is 8.78. The molecule has 0 aromatic heterocycles. The van der Waals surface area contributed by atoms with Crippen molar-refractivity contribution in [2.45, 2.75) is 38.7 Å². The van der Waals surface area contributed by atoms with Crippen molar-refractivity contribution in [3.05, 3.63) is 112 Å². The first kappa shape index (κ1) is 26.5. The number of ether oxygens (including phenoxy) is 2. The number of rotatable bonds is 9. The van der Waals surface area contributed by atoms with Crippen molar-refractivity contribution in [3.63, 3.8) is 0 Å². The molecule has 0 aliphatic rings. The van der Waals surface area contributed by atoms with E-state index in [1.165, 1.54) is 5.56 Å². The second kappa shape index (κ2) is 11.3. The fourth-order valence-corrected chi connectivity index (χ4v) is 4.24. The highest BCUT2D eigenvalue weighted by molar-refractivity contribution is 5.84. The molecule has 4 rings (SSSR count). The Labute approximate surface area is 210 Å². The summed E-state index contributed by atoms with van der Waals surface area (Å²) in [5, 5.41) is 1.16. The zero-order chi connectivity index (χ0) is 26.6. The minimum absolute atomic E-state index is 0.0316. The lowest BCUT2D eigenvalue weighted by molar-refractivity contribution is -0.276. The minimum atomic E-state index is -5.22. The molecular weight excluding hydrogens is 494 g/mol. The van der Waals surface area contributed by atoms with Crippen LogP contribution in [0.3, 0.4) is 0 Å². The Bertz CT molecular complexity index is 1360. The van der Waals surface area contributed by atoms with Gasteiger partial charge in [0.15, 0.2) is 11.6 Å². The molecule has 0 spiro atoms. The number of benzene rings is 4. The van der Waals surface area contributed by atoms with Crippen molar-refractivity contribution in [1.29, 1.82) is 0 Å². The molecule has 0 unspecified atom stereocenters. The molecular formula is C29H24F6O2. The van der Waals surface area contributed by atoms with Crippen molar-refractivity contribution in [2.75, 3.05) is 7.11 Å². The monoisotopic (exact) mass is 518 g/mol. The molecule has 0 aliphatic heterocycles. The zero-order valence-corrected chi connectivity index (χ0v) is 20.0. The van der Waals surface area contributed by atoms with Gasteiger partial charge in [0.05, 0.1) is 6.61 Å². The molecule has 0 amide bonds. The van der Waals surface area contributed by atoms with Gasteiger partial charge in [-0.2, -0.15) is 0 Å². The average Bonchev–Trinajstić information content (AvgIpc) is 2.85. The third-order valence-electron chi connectivity index (χ3n) is 6.09. The van der Waals surface area contributed by atoms with Gasteiger partial charge in [-0.05, 0) is 71.0 Å². The summed E-state index contributed by atoms with van der Waals surface area (Å²) in [5.41, 5.74) is 3.79. The minimum Gasteiger partial charge on any atom is -0.399 e. The average molecular weight is 518 g/mol. The molecule has 0 saturated carbocycles. The molecule has 0 fully saturated rings. The quantitative estimate of drug-likeness (QED) is 0.210. The van der Waals surface area contributed by atoms with Crippen LogP contribution in [0, 0.1) is 17.5 Å². The number of hydrogen-bond acceptors (Lipinski definition) is 2. The van der Waals surface area contributed by atoms with E-state index in [0.29, 0.717) is 17.6 Å². The van der Waals surface area contributed by atoms with E-state index in [1.807, 2.05) is 24.3 Å². The molecule has 0 radical (unpaired) electrons. The summed E-state index contributed by atoms with van der Waals surface area (Å²) in [6, 6.07) is 18.7. The van der Waals surface area contributed by atoms with Crippen LogP contribution in [0.4, 0.5) is 26.3 Å². The highest BCUT2D eigenvalue weighted by Gasteiger charge is 2.34. The summed E-state index contributed by atoms with van der Waals surface area (Å²) in [7, 11) is 1.65. The van der Waals surface area contributed by atoms with Gasteiger partial charge in [-0.15, -0.1) is 13.2 Å². The third-order valence-corrected chi connectivity index (χ3v) is 6.09. The van der Waals surface area contributed by atoms with Gasteiger partial charge >= 0.3 is 6.36 Å². The van der Waals surface area contributed by atoms with Crippen LogP contribution in [0.1, 0.15) is 27.8 Å². The molecule has 194 valence electrons. The van der Waals surface area contributed by atoms with Crippen LogP contribution in [-0.4, -0.2) is 13.5 Å². The summed E-state index contributed by atoms with van der Waals surface area (Å²) in [6.07, 6.45) is -3.45. The van der Waals surface area contributed by atoms with Crippen LogP contribution in [0.2, 0.25) is 0 Å². The van der Waals surface area contributed by atoms with Gasteiger partial charge in [0.25, 0.3) is 0 Å². The summed E-state index contributed by atoms with van der Waals surface area (Å²) < 4.78 is 88.6. The van der Waals surface area contributed by atoms with Gasteiger partial charge in [-0.3, -0.25) is 0 Å². The van der Waals surface area contributed by atoms with Crippen molar-refractivity contribution in [2.24, 2.45) is 0 Å². The maximum Gasteiger partial charge on any atom is 0.573 e. The Kier molecular flexibility index (Phi) is 8.07. The summed E-state index contributed by atoms with van der Waals surface area (Å²) in [4.78, 5) is 0. The number of halogens is 6. The lowest BCUT2D eigenvalue weighted by Crippen LogP contribution is -2.19. The molecule has 0 saturated heterocycles. The summed E-state index contributed by atoms with van der Waals surface area (Å²) >= 11 is 0. The smallest absolute Gasteiger partial charge is 0.399 e. The van der Waals surface area contributed by atoms with Crippen molar-refractivity contribution < 1.29 is 35.8 Å². The maximum atomic E-state index is 15.2. The number of aryl methyl sites for hydroxylation is 4. The first-order chi connectivity index (χ1) is 17.6. The maximum absolute atomic E-state index is 15.2. The molecule has 0 aliphatic carbocycles. The standard InChI is InChI=1S/C29H24F6O2/c1-36-17-20-6-3-18(4-7-20)2-5-19-9-13-24-23(14-19)12-11-22(27(24)32)10-8-21-15-25(30)28(26(31)16-21)37-29(33,34)35/h3-4,6-7,9,11-16H,2,5,8,10,17H2,1H3. The van der Waals surface area contributed by atoms with Crippen LogP contribution < -0.4 is 4.74 Å². The third kappa shape index (κ3) is 6.83. The first-order valence-corrected chi connectivity index (χ1v) is 11.6. The molecule has 8 heteroatoms. The van der Waals surface area contributed by atoms with Crippen LogP contribution in [0.5, 0.6) is 5.75 Å². The van der Waals surface area contributed by atoms with E-state index in [9.17, 15) is 22.0 Å². The van der Waals surface area contributed by atoms with E-state index < -0.39 is 29.6 Å². The highest BCUT2D eigenvalue weighted by Crippen LogP contribution is 2.30. The van der Waals surface area contributed by atoms with E-state index in [-0.39, 0.29) is 18.4 Å². The van der Waals surface area contributed by atoms with Crippen molar-refractivity contribution in [3.8, 4) is 5.75 Å². The Balaban J connectivity index is 1.43. The van der Waals surface area contributed by atoms with Crippen LogP contribution in [-0.2, 0) is 37.0 Å². The first-order valence-electron chi connectivity index (χ1n) is 11.6. The van der Waals surface area contributed by atoms with Gasteiger partial charge < -0.3 is 9.47 Å². The van der Waals surface area contributed by atoms with Gasteiger partial charge in [0.2, 0.25) is 5.75 Å². The molecule has 0 atom stereocenters. The number of hydrogen-bond donors (Lipinski definition) is 0. The molecule has 0 N–H and O–H groups in total. The molecule has 4 aromatic rings. The molecule has 0 heterocycles. The topological polar surface area (TPSA) is 18.5 Å². The van der Waals surface area contributed by atoms with Crippen molar-refractivity contribution in [1.82, 2.24) is 0 Å². The predicted octanol–water partition coefficient (Wildman–Crippen LogP) is 7.87. The Morgan fingerprint density at radius 1 is 0.649 bits per heavy atom. The Morgan fingerprint density at radius 2 is 1.24 bits per heavy atom. The zero-order valence-electron chi connectivity index (χ0n) is 20.0.